The average molecular weight is 259 g/mol. The number of rotatable bonds is 3. The summed E-state index contributed by atoms with van der Waals surface area (Å²) in [7, 11) is 0. The lowest BCUT2D eigenvalue weighted by molar-refractivity contribution is -0.118. The molecular weight excluding hydrogens is 238 g/mol. The molecule has 2 aliphatic rings. The van der Waals surface area contributed by atoms with Crippen molar-refractivity contribution in [2.24, 2.45) is 0 Å². The van der Waals surface area contributed by atoms with Crippen LogP contribution in [-0.2, 0) is 4.79 Å². The molecule has 1 amide bonds. The molecule has 0 radical (unpaired) electrons. The highest BCUT2D eigenvalue weighted by atomic mass is 16.1. The SMILES string of the molecule is Cc1cc(C2CCC2)cnc1N1CCN(C=O)CC1. The van der Waals surface area contributed by atoms with E-state index in [0.717, 1.165) is 44.3 Å². The maximum atomic E-state index is 10.7. The third-order valence-corrected chi connectivity index (χ3v) is 4.41. The van der Waals surface area contributed by atoms with Crippen molar-refractivity contribution < 1.29 is 4.79 Å². The van der Waals surface area contributed by atoms with Gasteiger partial charge in [-0.1, -0.05) is 12.5 Å². The Hall–Kier alpha value is -1.58. The van der Waals surface area contributed by atoms with Gasteiger partial charge >= 0.3 is 0 Å². The van der Waals surface area contributed by atoms with Crippen LogP contribution in [0.2, 0.25) is 0 Å². The van der Waals surface area contributed by atoms with Crippen LogP contribution in [-0.4, -0.2) is 42.5 Å². The van der Waals surface area contributed by atoms with E-state index in [1.165, 1.54) is 30.4 Å². The molecule has 1 aliphatic carbocycles. The van der Waals surface area contributed by atoms with E-state index in [0.29, 0.717) is 0 Å². The van der Waals surface area contributed by atoms with E-state index in [1.807, 2.05) is 4.90 Å². The lowest BCUT2D eigenvalue weighted by Gasteiger charge is -2.34. The Bertz CT molecular complexity index is 462. The van der Waals surface area contributed by atoms with E-state index in [-0.39, 0.29) is 0 Å². The van der Waals surface area contributed by atoms with Gasteiger partial charge in [0.1, 0.15) is 5.82 Å². The summed E-state index contributed by atoms with van der Waals surface area (Å²) in [6.45, 7) is 5.52. The summed E-state index contributed by atoms with van der Waals surface area (Å²) in [5.74, 6) is 1.83. The van der Waals surface area contributed by atoms with Crippen molar-refractivity contribution in [3.63, 3.8) is 0 Å². The second kappa shape index (κ2) is 5.19. The van der Waals surface area contributed by atoms with Crippen molar-refractivity contribution in [3.8, 4) is 0 Å². The topological polar surface area (TPSA) is 36.4 Å². The standard InChI is InChI=1S/C15H21N3O/c1-12-9-14(13-3-2-4-13)10-16-15(12)18-7-5-17(11-19)6-8-18/h9-11,13H,2-8H2,1H3. The van der Waals surface area contributed by atoms with E-state index < -0.39 is 0 Å². The van der Waals surface area contributed by atoms with Gasteiger partial charge in [-0.2, -0.15) is 0 Å². The zero-order valence-corrected chi connectivity index (χ0v) is 11.5. The highest BCUT2D eigenvalue weighted by Crippen LogP contribution is 2.37. The predicted molar refractivity (Wildman–Crippen MR) is 75.4 cm³/mol. The number of carbonyl (C=O) groups is 1. The number of hydrogen-bond acceptors (Lipinski definition) is 3. The second-order valence-electron chi connectivity index (χ2n) is 5.67. The number of pyridine rings is 1. The summed E-state index contributed by atoms with van der Waals surface area (Å²) in [5.41, 5.74) is 2.67. The van der Waals surface area contributed by atoms with Crippen molar-refractivity contribution >= 4 is 12.2 Å². The fraction of sp³-hybridized carbons (Fsp3) is 0.600. The lowest BCUT2D eigenvalue weighted by Crippen LogP contribution is -2.46. The van der Waals surface area contributed by atoms with Crippen LogP contribution >= 0.6 is 0 Å². The molecule has 0 spiro atoms. The first-order valence-electron chi connectivity index (χ1n) is 7.19. The van der Waals surface area contributed by atoms with Gasteiger partial charge < -0.3 is 9.80 Å². The molecule has 1 aromatic heterocycles. The van der Waals surface area contributed by atoms with Gasteiger partial charge in [-0.3, -0.25) is 4.79 Å². The highest BCUT2D eigenvalue weighted by molar-refractivity contribution is 5.51. The van der Waals surface area contributed by atoms with Gasteiger partial charge in [0, 0.05) is 32.4 Å². The molecule has 0 bridgehead atoms. The number of nitrogens with zero attached hydrogens (tertiary/aromatic N) is 3. The third kappa shape index (κ3) is 2.44. The smallest absolute Gasteiger partial charge is 0.209 e. The number of anilines is 1. The van der Waals surface area contributed by atoms with Crippen molar-refractivity contribution in [2.75, 3.05) is 31.1 Å². The Kier molecular flexibility index (Phi) is 3.40. The summed E-state index contributed by atoms with van der Waals surface area (Å²) >= 11 is 0. The number of hydrogen-bond donors (Lipinski definition) is 0. The van der Waals surface area contributed by atoms with Crippen LogP contribution in [0.3, 0.4) is 0 Å². The van der Waals surface area contributed by atoms with Gasteiger partial charge in [0.05, 0.1) is 0 Å². The van der Waals surface area contributed by atoms with Crippen LogP contribution in [0, 0.1) is 6.92 Å². The molecule has 4 heteroatoms. The summed E-state index contributed by atoms with van der Waals surface area (Å²) in [6, 6.07) is 2.30. The minimum atomic E-state index is 0.743. The summed E-state index contributed by atoms with van der Waals surface area (Å²) < 4.78 is 0. The fourth-order valence-corrected chi connectivity index (χ4v) is 2.92. The minimum absolute atomic E-state index is 0.743. The molecule has 1 saturated carbocycles. The summed E-state index contributed by atoms with van der Waals surface area (Å²) in [5, 5.41) is 0. The first kappa shape index (κ1) is 12.5. The molecule has 0 aromatic carbocycles. The van der Waals surface area contributed by atoms with E-state index in [2.05, 4.69) is 29.1 Å². The van der Waals surface area contributed by atoms with Gasteiger partial charge in [0.15, 0.2) is 0 Å². The zero-order chi connectivity index (χ0) is 13.2. The summed E-state index contributed by atoms with van der Waals surface area (Å²) in [4.78, 5) is 19.5. The average Bonchev–Trinajstić information content (AvgIpc) is 2.37. The van der Waals surface area contributed by atoms with Crippen molar-refractivity contribution in [1.29, 1.82) is 0 Å². The van der Waals surface area contributed by atoms with Crippen molar-refractivity contribution in [2.45, 2.75) is 32.1 Å². The molecule has 2 heterocycles. The van der Waals surface area contributed by atoms with Crippen molar-refractivity contribution in [1.82, 2.24) is 9.88 Å². The molecule has 0 unspecified atom stereocenters. The second-order valence-corrected chi connectivity index (χ2v) is 5.67. The predicted octanol–water partition coefficient (Wildman–Crippen LogP) is 1.94. The molecular formula is C15H21N3O. The maximum Gasteiger partial charge on any atom is 0.209 e. The Morgan fingerprint density at radius 1 is 1.26 bits per heavy atom. The Morgan fingerprint density at radius 3 is 2.53 bits per heavy atom. The van der Waals surface area contributed by atoms with Gasteiger partial charge in [-0.05, 0) is 36.8 Å². The van der Waals surface area contributed by atoms with Crippen molar-refractivity contribution in [3.05, 3.63) is 23.4 Å². The molecule has 102 valence electrons. The number of aryl methyl sites for hydroxylation is 1. The third-order valence-electron chi connectivity index (χ3n) is 4.41. The van der Waals surface area contributed by atoms with E-state index in [9.17, 15) is 4.79 Å². The first-order chi connectivity index (χ1) is 9.28. The van der Waals surface area contributed by atoms with Crippen LogP contribution in [0.5, 0.6) is 0 Å². The monoisotopic (exact) mass is 259 g/mol. The number of carbonyl (C=O) groups excluding carboxylic acids is 1. The van der Waals surface area contributed by atoms with Crippen LogP contribution in [0.25, 0.3) is 0 Å². The molecule has 4 nitrogen and oxygen atoms in total. The Labute approximate surface area is 114 Å². The van der Waals surface area contributed by atoms with Crippen LogP contribution < -0.4 is 4.90 Å². The molecule has 0 N–H and O–H groups in total. The number of amides is 1. The van der Waals surface area contributed by atoms with E-state index in [4.69, 9.17) is 0 Å². The van der Waals surface area contributed by atoms with Gasteiger partial charge in [-0.15, -0.1) is 0 Å². The van der Waals surface area contributed by atoms with E-state index in [1.54, 1.807) is 0 Å². The number of piperazine rings is 1. The molecule has 2 fully saturated rings. The van der Waals surface area contributed by atoms with Crippen LogP contribution in [0.15, 0.2) is 12.3 Å². The zero-order valence-electron chi connectivity index (χ0n) is 11.5. The van der Waals surface area contributed by atoms with Crippen LogP contribution in [0.1, 0.15) is 36.3 Å². The normalized spacial score (nSPS) is 20.3. The van der Waals surface area contributed by atoms with Gasteiger partial charge in [0.25, 0.3) is 0 Å². The quantitative estimate of drug-likeness (QED) is 0.778. The highest BCUT2D eigenvalue weighted by Gasteiger charge is 2.22. The lowest BCUT2D eigenvalue weighted by atomic mass is 9.80. The van der Waals surface area contributed by atoms with Gasteiger partial charge in [-0.25, -0.2) is 4.98 Å². The van der Waals surface area contributed by atoms with Gasteiger partial charge in [0.2, 0.25) is 6.41 Å². The Balaban J connectivity index is 1.72. The largest absolute Gasteiger partial charge is 0.353 e. The molecule has 1 aromatic rings. The molecule has 1 saturated heterocycles. The molecule has 0 atom stereocenters. The summed E-state index contributed by atoms with van der Waals surface area (Å²) in [6.07, 6.45) is 6.99. The molecule has 1 aliphatic heterocycles. The first-order valence-corrected chi connectivity index (χ1v) is 7.19. The van der Waals surface area contributed by atoms with E-state index >= 15 is 0 Å². The van der Waals surface area contributed by atoms with Crippen LogP contribution in [0.4, 0.5) is 5.82 Å². The number of aromatic nitrogens is 1. The molecule has 19 heavy (non-hydrogen) atoms. The Morgan fingerprint density at radius 2 is 2.00 bits per heavy atom. The fourth-order valence-electron chi connectivity index (χ4n) is 2.92. The minimum Gasteiger partial charge on any atom is -0.353 e. The maximum absolute atomic E-state index is 10.7. The molecule has 3 rings (SSSR count).